The zero-order valence-electron chi connectivity index (χ0n) is 8.19. The summed E-state index contributed by atoms with van der Waals surface area (Å²) in [5, 5.41) is 1.96. The average molecular weight is 196 g/mol. The Morgan fingerprint density at radius 1 is 1.15 bits per heavy atom. The van der Waals surface area contributed by atoms with Crippen molar-refractivity contribution in [2.45, 2.75) is 20.8 Å². The van der Waals surface area contributed by atoms with Crippen LogP contribution in [0.5, 0.6) is 0 Å². The molecule has 70 valence electrons. The molecule has 1 N–H and O–H groups in total. The van der Waals surface area contributed by atoms with Crippen molar-refractivity contribution in [2.24, 2.45) is 0 Å². The van der Waals surface area contributed by atoms with E-state index in [0.29, 0.717) is 0 Å². The number of aryl methyl sites for hydroxylation is 1. The fraction of sp³-hybridized carbons (Fsp3) is 0.273. The van der Waals surface area contributed by atoms with E-state index >= 15 is 0 Å². The first kappa shape index (κ1) is 10.1. The van der Waals surface area contributed by atoms with E-state index in [-0.39, 0.29) is 0 Å². The van der Waals surface area contributed by atoms with Gasteiger partial charge in [-0.05, 0) is 31.2 Å². The maximum atomic E-state index is 5.81. The van der Waals surface area contributed by atoms with Crippen molar-refractivity contribution >= 4 is 22.5 Å². The lowest BCUT2D eigenvalue weighted by atomic mass is 10.2. The molecule has 0 saturated heterocycles. The molecular weight excluding hydrogens is 182 g/mol. The first-order valence-electron chi connectivity index (χ1n) is 4.50. The fourth-order valence-electron chi connectivity index (χ4n) is 1.25. The molecule has 0 aliphatic carbocycles. The van der Waals surface area contributed by atoms with Crippen LogP contribution in [0.3, 0.4) is 0 Å². The smallest absolute Gasteiger partial charge is 0.0457 e. The van der Waals surface area contributed by atoms with Crippen molar-refractivity contribution in [1.82, 2.24) is 4.98 Å². The fourth-order valence-corrected chi connectivity index (χ4v) is 1.43. The largest absolute Gasteiger partial charge is 0.359 e. The number of hydrogen-bond donors (Lipinski definition) is 1. The van der Waals surface area contributed by atoms with Crippen LogP contribution in [0.4, 0.5) is 0 Å². The normalized spacial score (nSPS) is 9.54. The number of halogens is 1. The third-order valence-electron chi connectivity index (χ3n) is 1.72. The van der Waals surface area contributed by atoms with Crippen LogP contribution in [0.1, 0.15) is 19.5 Å². The van der Waals surface area contributed by atoms with E-state index in [0.717, 1.165) is 10.5 Å². The molecule has 0 aliphatic rings. The van der Waals surface area contributed by atoms with Gasteiger partial charge in [-0.1, -0.05) is 25.4 Å². The molecular formula is C11H14ClN. The second-order valence-corrected chi connectivity index (χ2v) is 3.12. The Hall–Kier alpha value is -0.950. The monoisotopic (exact) mass is 195 g/mol. The Balaban J connectivity index is 0.000000396. The molecule has 0 saturated carbocycles. The summed E-state index contributed by atoms with van der Waals surface area (Å²) in [6.07, 6.45) is 0. The highest BCUT2D eigenvalue weighted by atomic mass is 35.5. The molecule has 1 heterocycles. The molecule has 0 unspecified atom stereocenters. The number of fused-ring (bicyclic) bond motifs is 1. The first-order valence-corrected chi connectivity index (χ1v) is 4.88. The topological polar surface area (TPSA) is 15.8 Å². The van der Waals surface area contributed by atoms with Crippen molar-refractivity contribution < 1.29 is 0 Å². The molecule has 2 rings (SSSR count). The van der Waals surface area contributed by atoms with E-state index in [4.69, 9.17) is 11.6 Å². The van der Waals surface area contributed by atoms with E-state index in [9.17, 15) is 0 Å². The highest BCUT2D eigenvalue weighted by Gasteiger charge is 1.96. The van der Waals surface area contributed by atoms with Gasteiger partial charge in [0.1, 0.15) is 0 Å². The Bertz CT molecular complexity index is 390. The molecule has 0 bridgehead atoms. The zero-order chi connectivity index (χ0) is 9.84. The number of aromatic amines is 1. The lowest BCUT2D eigenvalue weighted by Gasteiger charge is -1.88. The highest BCUT2D eigenvalue weighted by Crippen LogP contribution is 2.19. The van der Waals surface area contributed by atoms with Crippen LogP contribution in [0.25, 0.3) is 10.9 Å². The molecule has 2 heteroatoms. The SMILES string of the molecule is CC.Cc1cc2cc(Cl)ccc2[nH]1. The molecule has 0 radical (unpaired) electrons. The van der Waals surface area contributed by atoms with Crippen LogP contribution in [-0.4, -0.2) is 4.98 Å². The molecule has 1 aromatic carbocycles. The number of H-pyrrole nitrogens is 1. The number of benzene rings is 1. The summed E-state index contributed by atoms with van der Waals surface area (Å²) in [5.41, 5.74) is 2.31. The summed E-state index contributed by atoms with van der Waals surface area (Å²) in [5.74, 6) is 0. The van der Waals surface area contributed by atoms with E-state index in [2.05, 4.69) is 11.1 Å². The standard InChI is InChI=1S/C9H8ClN.C2H6/c1-6-4-7-5-8(10)2-3-9(7)11-6;1-2/h2-5,11H,1H3;1-2H3. The lowest BCUT2D eigenvalue weighted by Crippen LogP contribution is -1.67. The van der Waals surface area contributed by atoms with Gasteiger partial charge < -0.3 is 4.98 Å². The predicted molar refractivity (Wildman–Crippen MR) is 59.4 cm³/mol. The predicted octanol–water partition coefficient (Wildman–Crippen LogP) is 4.16. The molecule has 1 nitrogen and oxygen atoms in total. The number of nitrogens with one attached hydrogen (secondary N) is 1. The first-order chi connectivity index (χ1) is 6.25. The average Bonchev–Trinajstić information content (AvgIpc) is 2.48. The number of hydrogen-bond acceptors (Lipinski definition) is 0. The van der Waals surface area contributed by atoms with Gasteiger partial charge in [0.15, 0.2) is 0 Å². The van der Waals surface area contributed by atoms with Gasteiger partial charge in [0.05, 0.1) is 0 Å². The van der Waals surface area contributed by atoms with Crippen molar-refractivity contribution in [1.29, 1.82) is 0 Å². The van der Waals surface area contributed by atoms with Crippen LogP contribution in [0, 0.1) is 6.92 Å². The van der Waals surface area contributed by atoms with Gasteiger partial charge in [0, 0.05) is 21.6 Å². The number of rotatable bonds is 0. The lowest BCUT2D eigenvalue weighted by molar-refractivity contribution is 1.30. The Kier molecular flexibility index (Phi) is 3.38. The van der Waals surface area contributed by atoms with Crippen LogP contribution in [0.15, 0.2) is 24.3 Å². The molecule has 0 amide bonds. The second-order valence-electron chi connectivity index (χ2n) is 2.68. The van der Waals surface area contributed by atoms with Crippen molar-refractivity contribution in [2.75, 3.05) is 0 Å². The molecule has 0 spiro atoms. The van der Waals surface area contributed by atoms with Crippen molar-refractivity contribution in [3.8, 4) is 0 Å². The Morgan fingerprint density at radius 2 is 1.85 bits per heavy atom. The summed E-state index contributed by atoms with van der Waals surface area (Å²) >= 11 is 5.81. The summed E-state index contributed by atoms with van der Waals surface area (Å²) in [6, 6.07) is 7.92. The third-order valence-corrected chi connectivity index (χ3v) is 1.95. The van der Waals surface area contributed by atoms with E-state index in [1.54, 1.807) is 0 Å². The Morgan fingerprint density at radius 3 is 2.54 bits per heavy atom. The third kappa shape index (κ3) is 2.25. The molecule has 0 fully saturated rings. The van der Waals surface area contributed by atoms with Crippen molar-refractivity contribution in [3.05, 3.63) is 35.0 Å². The van der Waals surface area contributed by atoms with Gasteiger partial charge in [-0.3, -0.25) is 0 Å². The highest BCUT2D eigenvalue weighted by molar-refractivity contribution is 6.31. The van der Waals surface area contributed by atoms with Gasteiger partial charge in [-0.2, -0.15) is 0 Å². The van der Waals surface area contributed by atoms with E-state index < -0.39 is 0 Å². The van der Waals surface area contributed by atoms with Crippen LogP contribution in [-0.2, 0) is 0 Å². The van der Waals surface area contributed by atoms with E-state index in [1.807, 2.05) is 39.0 Å². The van der Waals surface area contributed by atoms with Gasteiger partial charge in [-0.25, -0.2) is 0 Å². The van der Waals surface area contributed by atoms with Gasteiger partial charge >= 0.3 is 0 Å². The maximum absolute atomic E-state index is 5.81. The van der Waals surface area contributed by atoms with Crippen molar-refractivity contribution in [3.63, 3.8) is 0 Å². The Labute approximate surface area is 83.7 Å². The minimum atomic E-state index is 0.788. The summed E-state index contributed by atoms with van der Waals surface area (Å²) in [6.45, 7) is 6.04. The van der Waals surface area contributed by atoms with Gasteiger partial charge in [0.25, 0.3) is 0 Å². The molecule has 2 aromatic rings. The molecule has 0 aliphatic heterocycles. The number of aromatic nitrogens is 1. The minimum Gasteiger partial charge on any atom is -0.359 e. The second kappa shape index (κ2) is 4.33. The van der Waals surface area contributed by atoms with Gasteiger partial charge in [-0.15, -0.1) is 0 Å². The summed E-state index contributed by atoms with van der Waals surface area (Å²) < 4.78 is 0. The molecule has 0 atom stereocenters. The van der Waals surface area contributed by atoms with Crippen LogP contribution in [0.2, 0.25) is 5.02 Å². The molecule has 1 aromatic heterocycles. The van der Waals surface area contributed by atoms with Crippen LogP contribution >= 0.6 is 11.6 Å². The molecule has 13 heavy (non-hydrogen) atoms. The maximum Gasteiger partial charge on any atom is 0.0457 e. The van der Waals surface area contributed by atoms with Gasteiger partial charge in [0.2, 0.25) is 0 Å². The quantitative estimate of drug-likeness (QED) is 0.650. The zero-order valence-corrected chi connectivity index (χ0v) is 8.94. The van der Waals surface area contributed by atoms with E-state index in [1.165, 1.54) is 11.1 Å². The summed E-state index contributed by atoms with van der Waals surface area (Å²) in [4.78, 5) is 3.23. The van der Waals surface area contributed by atoms with Crippen LogP contribution < -0.4 is 0 Å². The summed E-state index contributed by atoms with van der Waals surface area (Å²) in [7, 11) is 0. The minimum absolute atomic E-state index is 0.788.